The molecule has 1 aliphatic heterocycles. The van der Waals surface area contributed by atoms with Gasteiger partial charge in [0.15, 0.2) is 0 Å². The van der Waals surface area contributed by atoms with Gasteiger partial charge in [0.25, 0.3) is 0 Å². The fourth-order valence-corrected chi connectivity index (χ4v) is 3.12. The van der Waals surface area contributed by atoms with Crippen molar-refractivity contribution in [3.05, 3.63) is 29.8 Å². The van der Waals surface area contributed by atoms with Crippen LogP contribution < -0.4 is 10.6 Å². The first-order valence-electron chi connectivity index (χ1n) is 6.85. The average molecular weight is 264 g/mol. The summed E-state index contributed by atoms with van der Waals surface area (Å²) in [6.07, 6.45) is 6.06. The molecule has 18 heavy (non-hydrogen) atoms. The third-order valence-electron chi connectivity index (χ3n) is 3.83. The lowest BCUT2D eigenvalue weighted by atomic mass is 9.89. The number of rotatable bonds is 5. The molecule has 1 fully saturated rings. The van der Waals surface area contributed by atoms with E-state index in [2.05, 4.69) is 48.2 Å². The highest BCUT2D eigenvalue weighted by atomic mass is 32.2. The molecule has 0 aromatic heterocycles. The van der Waals surface area contributed by atoms with E-state index in [0.717, 1.165) is 5.92 Å². The number of hydrogen-bond acceptors (Lipinski definition) is 3. The molecule has 1 aliphatic rings. The van der Waals surface area contributed by atoms with Crippen LogP contribution >= 0.6 is 11.8 Å². The second kappa shape index (κ2) is 7.17. The van der Waals surface area contributed by atoms with Crippen molar-refractivity contribution >= 4 is 11.8 Å². The maximum absolute atomic E-state index is 3.50. The fourth-order valence-electron chi connectivity index (χ4n) is 2.72. The highest BCUT2D eigenvalue weighted by molar-refractivity contribution is 7.98. The molecular weight excluding hydrogens is 240 g/mol. The second-order valence-electron chi connectivity index (χ2n) is 5.06. The summed E-state index contributed by atoms with van der Waals surface area (Å²) in [6.45, 7) is 2.38. The van der Waals surface area contributed by atoms with Gasteiger partial charge in [0.05, 0.1) is 0 Å². The van der Waals surface area contributed by atoms with Gasteiger partial charge in [0.1, 0.15) is 0 Å². The topological polar surface area (TPSA) is 24.1 Å². The number of piperidine rings is 1. The number of thioether (sulfide) groups is 1. The maximum Gasteiger partial charge on any atom is 0.0320 e. The van der Waals surface area contributed by atoms with Crippen LogP contribution in [0.2, 0.25) is 0 Å². The van der Waals surface area contributed by atoms with E-state index in [-0.39, 0.29) is 0 Å². The molecule has 0 spiro atoms. The molecule has 100 valence electrons. The highest BCUT2D eigenvalue weighted by Crippen LogP contribution is 2.26. The van der Waals surface area contributed by atoms with Crippen LogP contribution in [0.3, 0.4) is 0 Å². The molecule has 3 heteroatoms. The zero-order valence-electron chi connectivity index (χ0n) is 11.4. The third kappa shape index (κ3) is 3.74. The number of nitrogens with one attached hydrogen (secondary N) is 2. The quantitative estimate of drug-likeness (QED) is 0.799. The lowest BCUT2D eigenvalue weighted by Crippen LogP contribution is -2.32. The second-order valence-corrected chi connectivity index (χ2v) is 5.94. The number of hydrogen-bond donors (Lipinski definition) is 2. The molecule has 0 saturated carbocycles. The molecule has 2 N–H and O–H groups in total. The van der Waals surface area contributed by atoms with E-state index in [1.54, 1.807) is 11.8 Å². The van der Waals surface area contributed by atoms with Crippen molar-refractivity contribution in [3.8, 4) is 0 Å². The monoisotopic (exact) mass is 264 g/mol. The van der Waals surface area contributed by atoms with Crippen LogP contribution in [0.1, 0.15) is 30.9 Å². The summed E-state index contributed by atoms with van der Waals surface area (Å²) in [5, 5.41) is 6.97. The van der Waals surface area contributed by atoms with Crippen LogP contribution in [-0.2, 0) is 0 Å². The molecule has 2 nitrogen and oxygen atoms in total. The first-order valence-corrected chi connectivity index (χ1v) is 8.08. The van der Waals surface area contributed by atoms with Gasteiger partial charge in [-0.25, -0.2) is 0 Å². The van der Waals surface area contributed by atoms with Crippen molar-refractivity contribution in [2.45, 2.75) is 30.2 Å². The van der Waals surface area contributed by atoms with E-state index < -0.39 is 0 Å². The highest BCUT2D eigenvalue weighted by Gasteiger charge is 2.18. The summed E-state index contributed by atoms with van der Waals surface area (Å²) < 4.78 is 0. The minimum Gasteiger partial charge on any atom is -0.316 e. The molecule has 2 atom stereocenters. The molecule has 0 aliphatic carbocycles. The summed E-state index contributed by atoms with van der Waals surface area (Å²) in [5.74, 6) is 0.816. The Labute approximate surface area is 115 Å². The Bertz CT molecular complexity index is 344. The molecule has 2 rings (SSSR count). The smallest absolute Gasteiger partial charge is 0.0320 e. The van der Waals surface area contributed by atoms with Crippen molar-refractivity contribution in [1.29, 1.82) is 0 Å². The van der Waals surface area contributed by atoms with Gasteiger partial charge in [-0.1, -0.05) is 12.1 Å². The molecule has 1 aromatic carbocycles. The molecule has 0 amide bonds. The Morgan fingerprint density at radius 1 is 1.39 bits per heavy atom. The molecule has 1 aromatic rings. The summed E-state index contributed by atoms with van der Waals surface area (Å²) in [7, 11) is 2.07. The summed E-state index contributed by atoms with van der Waals surface area (Å²) in [4.78, 5) is 1.34. The molecular formula is C15H24N2S. The van der Waals surface area contributed by atoms with Crippen molar-refractivity contribution in [1.82, 2.24) is 10.6 Å². The average Bonchev–Trinajstić information content (AvgIpc) is 2.46. The van der Waals surface area contributed by atoms with Crippen LogP contribution in [0.25, 0.3) is 0 Å². The van der Waals surface area contributed by atoms with Crippen molar-refractivity contribution in [2.75, 3.05) is 26.4 Å². The number of benzene rings is 1. The Morgan fingerprint density at radius 3 is 2.72 bits per heavy atom. The van der Waals surface area contributed by atoms with Crippen LogP contribution in [0, 0.1) is 5.92 Å². The molecule has 1 saturated heterocycles. The summed E-state index contributed by atoms with van der Waals surface area (Å²) in [5.41, 5.74) is 1.42. The zero-order valence-corrected chi connectivity index (χ0v) is 12.2. The van der Waals surface area contributed by atoms with Crippen LogP contribution in [0.4, 0.5) is 0 Å². The fraction of sp³-hybridized carbons (Fsp3) is 0.600. The van der Waals surface area contributed by atoms with Crippen molar-refractivity contribution in [3.63, 3.8) is 0 Å². The van der Waals surface area contributed by atoms with Gasteiger partial charge in [0.2, 0.25) is 0 Å². The van der Waals surface area contributed by atoms with Gasteiger partial charge in [0, 0.05) is 10.9 Å². The third-order valence-corrected chi connectivity index (χ3v) is 4.58. The van der Waals surface area contributed by atoms with Gasteiger partial charge in [-0.05, 0) is 69.3 Å². The van der Waals surface area contributed by atoms with Gasteiger partial charge in [-0.3, -0.25) is 0 Å². The lowest BCUT2D eigenvalue weighted by molar-refractivity contribution is 0.322. The Kier molecular flexibility index (Phi) is 5.54. The first-order chi connectivity index (χ1) is 8.83. The predicted octanol–water partition coefficient (Wildman–Crippen LogP) is 3.06. The van der Waals surface area contributed by atoms with E-state index in [1.807, 2.05) is 0 Å². The van der Waals surface area contributed by atoms with Crippen molar-refractivity contribution in [2.24, 2.45) is 5.92 Å². The minimum atomic E-state index is 0.491. The zero-order chi connectivity index (χ0) is 12.8. The molecule has 1 heterocycles. The molecule has 0 radical (unpaired) electrons. The lowest BCUT2D eigenvalue weighted by Gasteiger charge is -2.27. The largest absolute Gasteiger partial charge is 0.316 e. The minimum absolute atomic E-state index is 0.491. The Morgan fingerprint density at radius 2 is 2.17 bits per heavy atom. The van der Waals surface area contributed by atoms with Crippen LogP contribution in [0.15, 0.2) is 29.2 Å². The van der Waals surface area contributed by atoms with E-state index in [0.29, 0.717) is 6.04 Å². The standard InChI is InChI=1S/C15H24N2S/c1-16-15(10-12-4-3-9-17-11-12)13-5-7-14(18-2)8-6-13/h5-8,12,15-17H,3-4,9-11H2,1-2H3. The molecule has 0 bridgehead atoms. The van der Waals surface area contributed by atoms with Crippen molar-refractivity contribution < 1.29 is 0 Å². The summed E-state index contributed by atoms with van der Waals surface area (Å²) >= 11 is 1.80. The van der Waals surface area contributed by atoms with Crippen LogP contribution in [-0.4, -0.2) is 26.4 Å². The summed E-state index contributed by atoms with van der Waals surface area (Å²) in [6, 6.07) is 9.48. The van der Waals surface area contributed by atoms with Gasteiger partial charge in [-0.2, -0.15) is 0 Å². The van der Waals surface area contributed by atoms with Gasteiger partial charge < -0.3 is 10.6 Å². The Hall–Kier alpha value is -0.510. The first kappa shape index (κ1) is 13.9. The van der Waals surface area contributed by atoms with E-state index >= 15 is 0 Å². The van der Waals surface area contributed by atoms with Crippen LogP contribution in [0.5, 0.6) is 0 Å². The van der Waals surface area contributed by atoms with Gasteiger partial charge >= 0.3 is 0 Å². The maximum atomic E-state index is 3.50. The van der Waals surface area contributed by atoms with E-state index in [1.165, 1.54) is 42.8 Å². The Balaban J connectivity index is 1.97. The predicted molar refractivity (Wildman–Crippen MR) is 80.2 cm³/mol. The van der Waals surface area contributed by atoms with E-state index in [9.17, 15) is 0 Å². The molecule has 2 unspecified atom stereocenters. The SMILES string of the molecule is CNC(CC1CCCNC1)c1ccc(SC)cc1. The van der Waals surface area contributed by atoms with Gasteiger partial charge in [-0.15, -0.1) is 11.8 Å². The van der Waals surface area contributed by atoms with E-state index in [4.69, 9.17) is 0 Å². The normalized spacial score (nSPS) is 21.8.